The molecule has 6 aromatic rings. The number of aliphatic hydroxyl groups is 1. The number of aromatic amines is 3. The highest BCUT2D eigenvalue weighted by Gasteiger charge is 2.47. The number of nitrogens with two attached hydrogens (primary N) is 3. The molecule has 3 aromatic heterocycles. The van der Waals surface area contributed by atoms with E-state index in [0.29, 0.717) is 69.9 Å². The normalized spacial score (nSPS) is 24.7. The standard InChI is InChI=1S/C92H130N24O19S/c1-10-12-25-71-84(128)104-62(24-18-34-98-92(95)96)80(124)111-70(79(123)101-45-76(94)120)47-136-48-77(121)103-66(37-53-29-31-57(118)32-30-53)87(131)112(7)52(6)78(122)107-68(41-75(93)119)90(134)116-51(5)28-33-73(116)86(130)106-64(40-56-44-97-49-102-56)82(126)108-65(36-50(3)4)89(133)115-35-19-27-72(115)85(129)105-63(38-54-42-99-60-22-16-14-20-58(54)60)81(125)110-69(46-117)83(127)109-67(39-55-43-100-61-23-17-15-21-59(55)61)88(132)114(9)74(26-13-11-2)91(135)113(71)8/h14-17,20-23,29-32,42-44,49-52,62-74,99-100,117-118H,10-13,18-19,24-28,33-41,45-48H2,1-9H3,(H2,93,119)(H2,94,120)(H,97,102)(H,101,123)(H,103,121)(H,104,128)(H,105,129)(H,106,130)(H,107,122)(H,108,126)(H,109,127)(H,110,125)(H,111,124)(H4,95,96,98)/t51-,52-,62-,63-,64-,65-,66-,67-,68-,69-,70?,71-,72-,73-,74-/m0/s1. The third kappa shape index (κ3) is 29.2. The number of aliphatic hydroxyl groups excluding tert-OH is 1. The Hall–Kier alpha value is -13.7. The second kappa shape index (κ2) is 50.6. The lowest BCUT2D eigenvalue weighted by Gasteiger charge is -2.36. The molecule has 0 saturated carbocycles. The number of thioether (sulfide) groups is 1. The molecule has 0 spiro atoms. The van der Waals surface area contributed by atoms with Crippen LogP contribution in [0, 0.1) is 11.3 Å². The molecule has 17 amide bonds. The number of aromatic hydroxyl groups is 1. The number of phenols is 1. The number of para-hydroxylation sites is 2. The quantitative estimate of drug-likeness (QED) is 0.0167. The fourth-order valence-electron chi connectivity index (χ4n) is 17.1. The number of guanidine groups is 1. The van der Waals surface area contributed by atoms with E-state index in [1.54, 1.807) is 81.7 Å². The maximum Gasteiger partial charge on any atom is 0.246 e. The van der Waals surface area contributed by atoms with Gasteiger partial charge in [0.05, 0.1) is 31.7 Å². The molecule has 44 heteroatoms. The van der Waals surface area contributed by atoms with Gasteiger partial charge in [-0.25, -0.2) is 4.98 Å². The molecule has 0 radical (unpaired) electrons. The van der Waals surface area contributed by atoms with E-state index in [9.17, 15) is 43.8 Å². The lowest BCUT2D eigenvalue weighted by atomic mass is 10.00. The Bertz CT molecular complexity index is 5240. The number of hydrogen-bond donors (Lipinski definition) is 20. The van der Waals surface area contributed by atoms with Crippen LogP contribution in [0.2, 0.25) is 0 Å². The first-order valence-corrected chi connectivity index (χ1v) is 47.1. The van der Waals surface area contributed by atoms with Gasteiger partial charge in [-0.2, -0.15) is 0 Å². The van der Waals surface area contributed by atoms with Gasteiger partial charge in [-0.3, -0.25) is 86.9 Å². The Morgan fingerprint density at radius 3 is 1.68 bits per heavy atom. The topological polar surface area (TPSA) is 641 Å². The number of imidazole rings is 1. The molecule has 23 N–H and O–H groups in total. The number of carbonyl (C=O) groups is 17. The molecule has 3 saturated heterocycles. The molecule has 3 aliphatic heterocycles. The van der Waals surface area contributed by atoms with Gasteiger partial charge in [-0.1, -0.05) is 102 Å². The largest absolute Gasteiger partial charge is 0.508 e. The van der Waals surface area contributed by atoms with Crippen LogP contribution in [0.25, 0.3) is 21.8 Å². The number of rotatable bonds is 26. The smallest absolute Gasteiger partial charge is 0.246 e. The van der Waals surface area contributed by atoms with Gasteiger partial charge in [0.25, 0.3) is 0 Å². The number of primary amides is 2. The summed E-state index contributed by atoms with van der Waals surface area (Å²) in [6, 6.07) is -2.20. The first-order valence-electron chi connectivity index (χ1n) is 45.9. The van der Waals surface area contributed by atoms with E-state index in [-0.39, 0.29) is 108 Å². The van der Waals surface area contributed by atoms with Gasteiger partial charge in [0.2, 0.25) is 100 Å². The van der Waals surface area contributed by atoms with E-state index in [0.717, 1.165) is 31.4 Å². The molecular formula is C92H130N24O19S. The van der Waals surface area contributed by atoms with E-state index in [1.165, 1.54) is 69.8 Å². The highest BCUT2D eigenvalue weighted by Crippen LogP contribution is 2.30. The van der Waals surface area contributed by atoms with Crippen molar-refractivity contribution in [1.29, 1.82) is 5.41 Å². The number of aromatic nitrogens is 4. The number of unbranched alkanes of at least 4 members (excludes halogenated alkanes) is 2. The fraction of sp³-hybridized carbons (Fsp3) is 0.533. The summed E-state index contributed by atoms with van der Waals surface area (Å²) in [7, 11) is 3.94. The highest BCUT2D eigenvalue weighted by molar-refractivity contribution is 8.00. The number of amides is 17. The Morgan fingerprint density at radius 1 is 0.537 bits per heavy atom. The molecule has 738 valence electrons. The second-order valence-electron chi connectivity index (χ2n) is 35.3. The van der Waals surface area contributed by atoms with Crippen molar-refractivity contribution < 1.29 is 91.7 Å². The van der Waals surface area contributed by atoms with Crippen LogP contribution in [0.5, 0.6) is 5.75 Å². The first-order chi connectivity index (χ1) is 64.8. The molecule has 136 heavy (non-hydrogen) atoms. The molecule has 3 aliphatic rings. The Labute approximate surface area is 791 Å². The predicted molar refractivity (Wildman–Crippen MR) is 503 cm³/mol. The summed E-state index contributed by atoms with van der Waals surface area (Å²) in [5.41, 5.74) is 20.0. The number of nitrogens with one attached hydrogen (secondary N) is 15. The molecule has 1 unspecified atom stereocenters. The molecule has 15 atom stereocenters. The van der Waals surface area contributed by atoms with Crippen LogP contribution in [0.15, 0.2) is 97.7 Å². The zero-order chi connectivity index (χ0) is 99.3. The molecule has 0 bridgehead atoms. The van der Waals surface area contributed by atoms with Crippen molar-refractivity contribution in [1.82, 2.24) is 103 Å². The number of H-pyrrole nitrogens is 3. The number of hydrogen-bond acceptors (Lipinski definition) is 22. The van der Waals surface area contributed by atoms with Crippen molar-refractivity contribution >= 4 is 140 Å². The van der Waals surface area contributed by atoms with E-state index in [4.69, 9.17) is 22.6 Å². The maximum atomic E-state index is 15.8. The number of carbonyl (C=O) groups excluding carboxylic acids is 17. The predicted octanol–water partition coefficient (Wildman–Crippen LogP) is -1.51. The zero-order valence-corrected chi connectivity index (χ0v) is 78.9. The number of phenolic OH excluding ortho intramolecular Hbond substituents is 1. The lowest BCUT2D eigenvalue weighted by Crippen LogP contribution is -2.62. The Kier molecular flexibility index (Phi) is 39.4. The summed E-state index contributed by atoms with van der Waals surface area (Å²) in [5, 5.41) is 60.1. The van der Waals surface area contributed by atoms with Crippen molar-refractivity contribution in [2.75, 3.05) is 58.9 Å². The zero-order valence-electron chi connectivity index (χ0n) is 78.1. The molecule has 3 aromatic carbocycles. The lowest BCUT2D eigenvalue weighted by molar-refractivity contribution is -0.149. The minimum atomic E-state index is -1.85. The highest BCUT2D eigenvalue weighted by atomic mass is 32.2. The van der Waals surface area contributed by atoms with Crippen molar-refractivity contribution in [2.45, 2.75) is 248 Å². The van der Waals surface area contributed by atoms with Gasteiger partial charge in [-0.05, 0) is 119 Å². The van der Waals surface area contributed by atoms with Crippen LogP contribution < -0.4 is 75.7 Å². The summed E-state index contributed by atoms with van der Waals surface area (Å²) in [6.07, 6.45) is 6.15. The van der Waals surface area contributed by atoms with Crippen LogP contribution in [0.4, 0.5) is 0 Å². The van der Waals surface area contributed by atoms with E-state index < -0.39 is 228 Å². The minimum Gasteiger partial charge on any atom is -0.508 e. The Morgan fingerprint density at radius 2 is 1.08 bits per heavy atom. The van der Waals surface area contributed by atoms with Crippen molar-refractivity contribution in [3.05, 3.63) is 120 Å². The minimum absolute atomic E-state index is 0.00130. The van der Waals surface area contributed by atoms with Crippen molar-refractivity contribution in [3.8, 4) is 5.75 Å². The number of benzene rings is 3. The van der Waals surface area contributed by atoms with Gasteiger partial charge in [-0.15, -0.1) is 11.8 Å². The fourth-order valence-corrected chi connectivity index (χ4v) is 17.9. The maximum absolute atomic E-state index is 15.8. The average molecular weight is 1910 g/mol. The SMILES string of the molecule is CCCC[C@H]1C(=O)N(C)[C@@H](CCCC)C(=O)N[C@@H](CCCNC(=N)N)C(=O)NC(C(=O)NCC(N)=O)CSCC(=O)N[C@@H](Cc2ccc(O)cc2)C(=O)N(C)[C@@H](C)C(=O)N[C@@H](CC(N)=O)C(=O)N2[C@@H](C)CC[C@H]2C(=O)N[C@@H](Cc2cnc[nH]2)C(=O)N[C@@H](CC(C)C)C(=O)N2CCC[C@H]2C(=O)N[C@@H](Cc2c[nH]c3ccccc23)C(=O)N[C@@H](CO)C(=O)N[C@@H](Cc2c[nH]c3ccccc23)C(=O)N1C. The summed E-state index contributed by atoms with van der Waals surface area (Å²) in [6.45, 7) is 8.37. The van der Waals surface area contributed by atoms with E-state index >= 15 is 47.9 Å². The first kappa shape index (κ1) is 106. The van der Waals surface area contributed by atoms with Gasteiger partial charge in [0.1, 0.15) is 90.3 Å². The molecule has 9 rings (SSSR count). The van der Waals surface area contributed by atoms with Crippen LogP contribution in [-0.2, 0) is 107 Å². The molecular weight excluding hydrogens is 1780 g/mol. The van der Waals surface area contributed by atoms with Gasteiger partial charge >= 0.3 is 0 Å². The van der Waals surface area contributed by atoms with Crippen LogP contribution in [0.1, 0.15) is 154 Å². The summed E-state index contributed by atoms with van der Waals surface area (Å²) in [5.74, 6) is -17.4. The van der Waals surface area contributed by atoms with Gasteiger partial charge < -0.3 is 125 Å². The number of fused-ring (bicyclic) bond motifs is 4. The molecule has 43 nitrogen and oxygen atoms in total. The number of likely N-dealkylation sites (N-methyl/N-ethyl adjacent to an activating group) is 3. The Balaban J connectivity index is 1.10. The second-order valence-corrected chi connectivity index (χ2v) is 36.3. The summed E-state index contributed by atoms with van der Waals surface area (Å²) < 4.78 is 0. The number of nitrogens with zero attached hydrogens (tertiary/aromatic N) is 6. The monoisotopic (exact) mass is 1910 g/mol. The molecule has 0 aliphatic carbocycles. The van der Waals surface area contributed by atoms with Crippen LogP contribution in [0.3, 0.4) is 0 Å². The van der Waals surface area contributed by atoms with Crippen molar-refractivity contribution in [2.24, 2.45) is 23.1 Å². The van der Waals surface area contributed by atoms with Crippen LogP contribution in [-0.4, -0.2) is 311 Å². The van der Waals surface area contributed by atoms with Gasteiger partial charge in [0.15, 0.2) is 5.96 Å². The third-order valence-electron chi connectivity index (χ3n) is 24.7. The van der Waals surface area contributed by atoms with Crippen LogP contribution >= 0.6 is 11.8 Å². The van der Waals surface area contributed by atoms with Gasteiger partial charge in [0, 0.05) is 118 Å². The molecule has 6 heterocycles. The summed E-state index contributed by atoms with van der Waals surface area (Å²) >= 11 is 0.766. The van der Waals surface area contributed by atoms with E-state index in [2.05, 4.69) is 78.4 Å². The van der Waals surface area contributed by atoms with E-state index in [1.807, 2.05) is 13.8 Å². The van der Waals surface area contributed by atoms with Crippen molar-refractivity contribution in [3.63, 3.8) is 0 Å². The summed E-state index contributed by atoms with van der Waals surface area (Å²) in [4.78, 5) is 270. The average Bonchev–Trinajstić information content (AvgIpc) is 1.68. The molecule has 3 fully saturated rings. The third-order valence-corrected chi connectivity index (χ3v) is 25.7.